The molecule has 1 rings (SSSR count). The van der Waals surface area contributed by atoms with Gasteiger partial charge < -0.3 is 5.32 Å². The molecule has 1 aromatic rings. The van der Waals surface area contributed by atoms with E-state index in [9.17, 15) is 0 Å². The van der Waals surface area contributed by atoms with Crippen LogP contribution >= 0.6 is 31.9 Å². The fraction of sp³-hybridized carbons (Fsp3) is 0.385. The topological polar surface area (TPSA) is 12.0 Å². The second kappa shape index (κ2) is 5.99. The van der Waals surface area contributed by atoms with Crippen LogP contribution in [0.25, 0.3) is 6.08 Å². The van der Waals surface area contributed by atoms with Crippen molar-refractivity contribution in [3.63, 3.8) is 0 Å². The summed E-state index contributed by atoms with van der Waals surface area (Å²) in [5.74, 6) is 0. The lowest BCUT2D eigenvalue weighted by molar-refractivity contribution is 0.450. The Hall–Kier alpha value is -0.120. The Morgan fingerprint density at radius 1 is 1.19 bits per heavy atom. The maximum atomic E-state index is 3.49. The van der Waals surface area contributed by atoms with Crippen molar-refractivity contribution in [3.8, 4) is 0 Å². The van der Waals surface area contributed by atoms with Gasteiger partial charge in [-0.15, -0.1) is 0 Å². The summed E-state index contributed by atoms with van der Waals surface area (Å²) in [6.07, 6.45) is 4.26. The third-order valence-corrected chi connectivity index (χ3v) is 3.88. The van der Waals surface area contributed by atoms with Gasteiger partial charge in [-0.2, -0.15) is 0 Å². The third kappa shape index (κ3) is 5.28. The lowest BCUT2D eigenvalue weighted by Gasteiger charge is -2.18. The zero-order valence-corrected chi connectivity index (χ0v) is 13.0. The van der Waals surface area contributed by atoms with Crippen molar-refractivity contribution in [2.75, 3.05) is 6.54 Å². The van der Waals surface area contributed by atoms with Crippen molar-refractivity contribution >= 4 is 37.9 Å². The highest BCUT2D eigenvalue weighted by Crippen LogP contribution is 2.24. The Labute approximate surface area is 115 Å². The molecule has 0 amide bonds. The largest absolute Gasteiger partial charge is 0.309 e. The summed E-state index contributed by atoms with van der Waals surface area (Å²) in [5, 5.41) is 3.41. The Morgan fingerprint density at radius 2 is 1.88 bits per heavy atom. The number of rotatable bonds is 3. The highest BCUT2D eigenvalue weighted by atomic mass is 79.9. The molecule has 3 heteroatoms. The van der Waals surface area contributed by atoms with Crippen LogP contribution in [0.3, 0.4) is 0 Å². The van der Waals surface area contributed by atoms with Gasteiger partial charge in [0.1, 0.15) is 0 Å². The predicted molar refractivity (Wildman–Crippen MR) is 78.6 cm³/mol. The molecule has 0 bridgehead atoms. The van der Waals surface area contributed by atoms with Crippen LogP contribution in [-0.4, -0.2) is 12.1 Å². The number of nitrogens with one attached hydrogen (secondary N) is 1. The van der Waals surface area contributed by atoms with E-state index >= 15 is 0 Å². The average molecular weight is 347 g/mol. The number of hydrogen-bond donors (Lipinski definition) is 1. The van der Waals surface area contributed by atoms with Crippen molar-refractivity contribution in [1.82, 2.24) is 5.32 Å². The summed E-state index contributed by atoms with van der Waals surface area (Å²) in [6.45, 7) is 7.38. The van der Waals surface area contributed by atoms with E-state index in [1.165, 1.54) is 5.56 Å². The van der Waals surface area contributed by atoms with Crippen molar-refractivity contribution in [3.05, 3.63) is 38.8 Å². The lowest BCUT2D eigenvalue weighted by Crippen LogP contribution is -2.35. The first-order valence-electron chi connectivity index (χ1n) is 5.25. The minimum absolute atomic E-state index is 0.171. The van der Waals surface area contributed by atoms with Gasteiger partial charge in [-0.25, -0.2) is 0 Å². The monoisotopic (exact) mass is 345 g/mol. The lowest BCUT2D eigenvalue weighted by atomic mass is 10.1. The standard InChI is InChI=1S/C13H17Br2N/c1-13(2,3)16-8-4-5-10-6-7-11(14)12(15)9-10/h4-7,9,16H,8H2,1-3H3/b5-4+. The van der Waals surface area contributed by atoms with Crippen LogP contribution in [0.2, 0.25) is 0 Å². The van der Waals surface area contributed by atoms with E-state index < -0.39 is 0 Å². The van der Waals surface area contributed by atoms with Gasteiger partial charge in [-0.3, -0.25) is 0 Å². The fourth-order valence-electron chi connectivity index (χ4n) is 1.18. The van der Waals surface area contributed by atoms with Gasteiger partial charge in [-0.05, 0) is 70.3 Å². The maximum Gasteiger partial charge on any atom is 0.0323 e. The molecule has 1 N–H and O–H groups in total. The number of hydrogen-bond acceptors (Lipinski definition) is 1. The van der Waals surface area contributed by atoms with Gasteiger partial charge in [-0.1, -0.05) is 18.2 Å². The van der Waals surface area contributed by atoms with Crippen LogP contribution in [0.4, 0.5) is 0 Å². The second-order valence-corrected chi connectivity index (χ2v) is 6.42. The molecule has 0 aromatic heterocycles. The molecule has 0 aliphatic rings. The molecule has 88 valence electrons. The molecule has 1 nitrogen and oxygen atoms in total. The first-order valence-corrected chi connectivity index (χ1v) is 6.84. The summed E-state index contributed by atoms with van der Waals surface area (Å²) in [6, 6.07) is 6.22. The molecule has 0 fully saturated rings. The van der Waals surface area contributed by atoms with E-state index in [1.807, 2.05) is 6.07 Å². The quantitative estimate of drug-likeness (QED) is 0.842. The smallest absolute Gasteiger partial charge is 0.0323 e. The Bertz CT molecular complexity index is 378. The van der Waals surface area contributed by atoms with Crippen molar-refractivity contribution in [1.29, 1.82) is 0 Å². The van der Waals surface area contributed by atoms with Crippen LogP contribution in [0.15, 0.2) is 33.2 Å². The summed E-state index contributed by atoms with van der Waals surface area (Å²) in [7, 11) is 0. The van der Waals surface area contributed by atoms with Crippen LogP contribution in [-0.2, 0) is 0 Å². The van der Waals surface area contributed by atoms with Gasteiger partial charge >= 0.3 is 0 Å². The Balaban J connectivity index is 2.53. The highest BCUT2D eigenvalue weighted by Gasteiger charge is 2.05. The molecule has 16 heavy (non-hydrogen) atoms. The van der Waals surface area contributed by atoms with Crippen LogP contribution < -0.4 is 5.32 Å². The van der Waals surface area contributed by atoms with E-state index in [4.69, 9.17) is 0 Å². The average Bonchev–Trinajstić information content (AvgIpc) is 2.17. The molecule has 0 radical (unpaired) electrons. The molecular formula is C13H17Br2N. The minimum atomic E-state index is 0.171. The van der Waals surface area contributed by atoms with Gasteiger partial charge in [0.25, 0.3) is 0 Å². The van der Waals surface area contributed by atoms with Gasteiger partial charge in [0.05, 0.1) is 0 Å². The van der Waals surface area contributed by atoms with E-state index in [-0.39, 0.29) is 5.54 Å². The van der Waals surface area contributed by atoms with Crippen LogP contribution in [0.1, 0.15) is 26.3 Å². The summed E-state index contributed by atoms with van der Waals surface area (Å²) in [5.41, 5.74) is 1.37. The van der Waals surface area contributed by atoms with Gasteiger partial charge in [0.15, 0.2) is 0 Å². The molecule has 0 heterocycles. The zero-order chi connectivity index (χ0) is 12.2. The molecule has 0 aliphatic carbocycles. The van der Waals surface area contributed by atoms with Gasteiger partial charge in [0, 0.05) is 21.0 Å². The van der Waals surface area contributed by atoms with E-state index in [0.29, 0.717) is 0 Å². The van der Waals surface area contributed by atoms with E-state index in [2.05, 4.69) is 82.2 Å². The van der Waals surface area contributed by atoms with Crippen molar-refractivity contribution < 1.29 is 0 Å². The van der Waals surface area contributed by atoms with Gasteiger partial charge in [0.2, 0.25) is 0 Å². The minimum Gasteiger partial charge on any atom is -0.309 e. The molecule has 0 saturated heterocycles. The molecule has 0 spiro atoms. The highest BCUT2D eigenvalue weighted by molar-refractivity contribution is 9.13. The number of benzene rings is 1. The van der Waals surface area contributed by atoms with Crippen LogP contribution in [0, 0.1) is 0 Å². The zero-order valence-electron chi connectivity index (χ0n) is 9.85. The first-order chi connectivity index (χ1) is 7.38. The van der Waals surface area contributed by atoms with Crippen molar-refractivity contribution in [2.45, 2.75) is 26.3 Å². The third-order valence-electron chi connectivity index (χ3n) is 2.00. The Kier molecular flexibility index (Phi) is 5.22. The molecular weight excluding hydrogens is 330 g/mol. The normalized spacial score (nSPS) is 12.3. The maximum absolute atomic E-state index is 3.49. The molecule has 0 unspecified atom stereocenters. The second-order valence-electron chi connectivity index (χ2n) is 4.71. The molecule has 0 aliphatic heterocycles. The van der Waals surface area contributed by atoms with E-state index in [0.717, 1.165) is 15.5 Å². The van der Waals surface area contributed by atoms with Crippen molar-refractivity contribution in [2.24, 2.45) is 0 Å². The SMILES string of the molecule is CC(C)(C)NC/C=C/c1ccc(Br)c(Br)c1. The predicted octanol–water partition coefficient (Wildman–Crippen LogP) is 4.61. The first kappa shape index (κ1) is 13.9. The molecule has 1 aromatic carbocycles. The van der Waals surface area contributed by atoms with E-state index in [1.54, 1.807) is 0 Å². The summed E-state index contributed by atoms with van der Waals surface area (Å²) < 4.78 is 2.16. The molecule has 0 saturated carbocycles. The summed E-state index contributed by atoms with van der Waals surface area (Å²) >= 11 is 6.94. The Morgan fingerprint density at radius 3 is 2.44 bits per heavy atom. The van der Waals surface area contributed by atoms with Crippen LogP contribution in [0.5, 0.6) is 0 Å². The molecule has 0 atom stereocenters. The number of halogens is 2. The summed E-state index contributed by atoms with van der Waals surface area (Å²) in [4.78, 5) is 0. The fourth-order valence-corrected chi connectivity index (χ4v) is 1.82.